The Morgan fingerprint density at radius 2 is 1.96 bits per heavy atom. The van der Waals surface area contributed by atoms with E-state index in [4.69, 9.17) is 22.1 Å². The molecule has 0 spiro atoms. The van der Waals surface area contributed by atoms with Gasteiger partial charge in [-0.3, -0.25) is 0 Å². The normalized spacial score (nSPS) is 16.0. The molecule has 2 N–H and O–H groups in total. The van der Waals surface area contributed by atoms with Crippen molar-refractivity contribution < 1.29 is 4.74 Å². The number of nitriles is 1. The number of aryl methyl sites for hydroxylation is 1. The van der Waals surface area contributed by atoms with E-state index in [1.807, 2.05) is 49.4 Å². The van der Waals surface area contributed by atoms with E-state index < -0.39 is 0 Å². The molecule has 1 unspecified atom stereocenters. The fraction of sp³-hybridized carbons (Fsp3) is 0.100. The van der Waals surface area contributed by atoms with Crippen LogP contribution in [0.3, 0.4) is 0 Å². The molecule has 0 aliphatic carbocycles. The van der Waals surface area contributed by atoms with Gasteiger partial charge in [-0.2, -0.15) is 10.4 Å². The highest BCUT2D eigenvalue weighted by molar-refractivity contribution is 6.30. The van der Waals surface area contributed by atoms with Gasteiger partial charge in [-0.15, -0.1) is 0 Å². The van der Waals surface area contributed by atoms with Gasteiger partial charge in [0, 0.05) is 5.02 Å². The van der Waals surface area contributed by atoms with Gasteiger partial charge in [0.1, 0.15) is 11.6 Å². The quantitative estimate of drug-likeness (QED) is 0.746. The smallest absolute Gasteiger partial charge is 0.229 e. The van der Waals surface area contributed by atoms with E-state index in [1.54, 1.807) is 16.8 Å². The van der Waals surface area contributed by atoms with Crippen LogP contribution in [0, 0.1) is 18.3 Å². The number of nitrogens with zero attached hydrogens (tertiary/aromatic N) is 3. The van der Waals surface area contributed by atoms with Gasteiger partial charge < -0.3 is 10.5 Å². The highest BCUT2D eigenvalue weighted by Crippen LogP contribution is 2.44. The Morgan fingerprint density at radius 3 is 2.65 bits per heavy atom. The molecule has 1 atom stereocenters. The summed E-state index contributed by atoms with van der Waals surface area (Å²) in [7, 11) is 0. The molecule has 0 saturated carbocycles. The lowest BCUT2D eigenvalue weighted by molar-refractivity contribution is 0.367. The predicted octanol–water partition coefficient (Wildman–Crippen LogP) is 4.05. The molecule has 0 saturated heterocycles. The van der Waals surface area contributed by atoms with Crippen LogP contribution in [0.25, 0.3) is 5.69 Å². The number of hydrogen-bond acceptors (Lipinski definition) is 4. The Kier molecular flexibility index (Phi) is 3.90. The lowest BCUT2D eigenvalue weighted by Gasteiger charge is -2.24. The SMILES string of the molecule is Cc1nn(-c2cccc(Cl)c2)c2c1C(c1ccccc1)C(C#N)=C(N)O2. The maximum atomic E-state index is 9.66. The van der Waals surface area contributed by atoms with Crippen LogP contribution in [0.4, 0.5) is 0 Å². The maximum absolute atomic E-state index is 9.66. The third kappa shape index (κ3) is 2.52. The molecule has 0 radical (unpaired) electrons. The van der Waals surface area contributed by atoms with Crippen LogP contribution in [-0.2, 0) is 0 Å². The number of ether oxygens (including phenoxy) is 1. The van der Waals surface area contributed by atoms with Crippen LogP contribution >= 0.6 is 11.6 Å². The van der Waals surface area contributed by atoms with Crippen molar-refractivity contribution in [3.8, 4) is 17.6 Å². The summed E-state index contributed by atoms with van der Waals surface area (Å²) in [4.78, 5) is 0. The molecule has 2 heterocycles. The largest absolute Gasteiger partial charge is 0.422 e. The first kappa shape index (κ1) is 16.2. The van der Waals surface area contributed by atoms with E-state index in [-0.39, 0.29) is 11.8 Å². The predicted molar refractivity (Wildman–Crippen MR) is 99.1 cm³/mol. The Labute approximate surface area is 155 Å². The van der Waals surface area contributed by atoms with E-state index in [2.05, 4.69) is 11.2 Å². The highest BCUT2D eigenvalue weighted by Gasteiger charge is 2.35. The standard InChI is InChI=1S/C20H15ClN4O/c1-12-17-18(13-6-3-2-4-7-13)16(11-22)19(23)26-20(17)25(24-12)15-9-5-8-14(21)10-15/h2-10,18H,23H2,1H3. The first-order valence-corrected chi connectivity index (χ1v) is 8.46. The molecule has 5 nitrogen and oxygen atoms in total. The summed E-state index contributed by atoms with van der Waals surface area (Å²) in [6.45, 7) is 1.90. The van der Waals surface area contributed by atoms with Gasteiger partial charge in [0.05, 0.1) is 22.9 Å². The number of hydrogen-bond donors (Lipinski definition) is 1. The summed E-state index contributed by atoms with van der Waals surface area (Å²) in [6.07, 6.45) is 0. The Bertz CT molecular complexity index is 1060. The molecule has 3 aromatic rings. The van der Waals surface area contributed by atoms with E-state index in [9.17, 15) is 5.26 Å². The van der Waals surface area contributed by atoms with E-state index in [0.717, 1.165) is 22.5 Å². The number of fused-ring (bicyclic) bond motifs is 1. The number of rotatable bonds is 2. The third-order valence-corrected chi connectivity index (χ3v) is 4.65. The summed E-state index contributed by atoms with van der Waals surface area (Å²) in [6, 6.07) is 19.3. The molecular formula is C20H15ClN4O. The topological polar surface area (TPSA) is 76.9 Å². The van der Waals surface area contributed by atoms with Crippen LogP contribution < -0.4 is 10.5 Å². The minimum Gasteiger partial charge on any atom is -0.422 e. The third-order valence-electron chi connectivity index (χ3n) is 4.42. The second-order valence-electron chi connectivity index (χ2n) is 6.03. The van der Waals surface area contributed by atoms with E-state index >= 15 is 0 Å². The maximum Gasteiger partial charge on any atom is 0.229 e. The Morgan fingerprint density at radius 1 is 1.19 bits per heavy atom. The molecule has 2 aromatic carbocycles. The zero-order valence-corrected chi connectivity index (χ0v) is 14.7. The molecule has 26 heavy (non-hydrogen) atoms. The van der Waals surface area contributed by atoms with Crippen LogP contribution in [0.2, 0.25) is 5.02 Å². The molecule has 1 aliphatic rings. The average molecular weight is 363 g/mol. The highest BCUT2D eigenvalue weighted by atomic mass is 35.5. The van der Waals surface area contributed by atoms with E-state index in [0.29, 0.717) is 16.5 Å². The van der Waals surface area contributed by atoms with Crippen molar-refractivity contribution in [2.75, 3.05) is 0 Å². The number of nitrogens with two attached hydrogens (primary N) is 1. The van der Waals surface area contributed by atoms with Crippen LogP contribution in [0.1, 0.15) is 22.7 Å². The molecule has 1 aromatic heterocycles. The van der Waals surface area contributed by atoms with Gasteiger partial charge in [0.15, 0.2) is 0 Å². The molecular weight excluding hydrogens is 348 g/mol. The summed E-state index contributed by atoms with van der Waals surface area (Å²) in [5.41, 5.74) is 9.81. The monoisotopic (exact) mass is 362 g/mol. The van der Waals surface area contributed by atoms with Crippen molar-refractivity contribution in [3.05, 3.63) is 87.9 Å². The number of aromatic nitrogens is 2. The minimum atomic E-state index is -0.321. The van der Waals surface area contributed by atoms with Gasteiger partial charge in [0.25, 0.3) is 0 Å². The molecule has 0 amide bonds. The van der Waals surface area contributed by atoms with E-state index in [1.165, 1.54) is 0 Å². The van der Waals surface area contributed by atoms with Crippen molar-refractivity contribution in [1.82, 2.24) is 9.78 Å². The van der Waals surface area contributed by atoms with Gasteiger partial charge in [0.2, 0.25) is 11.8 Å². The number of halogens is 1. The summed E-state index contributed by atoms with van der Waals surface area (Å²) in [5, 5.41) is 14.9. The van der Waals surface area contributed by atoms with Gasteiger partial charge in [-0.1, -0.05) is 48.0 Å². The van der Waals surface area contributed by atoms with Crippen LogP contribution in [0.5, 0.6) is 5.88 Å². The zero-order chi connectivity index (χ0) is 18.3. The summed E-state index contributed by atoms with van der Waals surface area (Å²) < 4.78 is 7.50. The van der Waals surface area contributed by atoms with Gasteiger partial charge in [-0.25, -0.2) is 4.68 Å². The fourth-order valence-electron chi connectivity index (χ4n) is 3.28. The number of allylic oxidation sites excluding steroid dienone is 1. The lowest BCUT2D eigenvalue weighted by Crippen LogP contribution is -2.22. The fourth-order valence-corrected chi connectivity index (χ4v) is 3.46. The Hall–Kier alpha value is -3.23. The van der Waals surface area contributed by atoms with Crippen LogP contribution in [0.15, 0.2) is 66.1 Å². The second kappa shape index (κ2) is 6.25. The van der Waals surface area contributed by atoms with Crippen molar-refractivity contribution in [2.45, 2.75) is 12.8 Å². The first-order chi connectivity index (χ1) is 12.6. The minimum absolute atomic E-state index is 0.0945. The Balaban J connectivity index is 1.96. The molecule has 128 valence electrons. The molecule has 0 fully saturated rings. The first-order valence-electron chi connectivity index (χ1n) is 8.08. The summed E-state index contributed by atoms with van der Waals surface area (Å²) >= 11 is 6.12. The van der Waals surface area contributed by atoms with Gasteiger partial charge in [-0.05, 0) is 30.7 Å². The summed E-state index contributed by atoms with van der Waals surface area (Å²) in [5.74, 6) is 0.282. The second-order valence-corrected chi connectivity index (χ2v) is 6.47. The van der Waals surface area contributed by atoms with Crippen molar-refractivity contribution in [2.24, 2.45) is 5.73 Å². The number of benzene rings is 2. The van der Waals surface area contributed by atoms with Crippen molar-refractivity contribution >= 4 is 11.6 Å². The molecule has 1 aliphatic heterocycles. The molecule has 6 heteroatoms. The average Bonchev–Trinajstić information content (AvgIpc) is 2.97. The zero-order valence-electron chi connectivity index (χ0n) is 14.0. The van der Waals surface area contributed by atoms with Crippen molar-refractivity contribution in [1.29, 1.82) is 5.26 Å². The van der Waals surface area contributed by atoms with Crippen molar-refractivity contribution in [3.63, 3.8) is 0 Å². The molecule has 4 rings (SSSR count). The van der Waals surface area contributed by atoms with Gasteiger partial charge >= 0.3 is 0 Å². The van der Waals surface area contributed by atoms with Crippen LogP contribution in [-0.4, -0.2) is 9.78 Å². The molecule has 0 bridgehead atoms. The lowest BCUT2D eigenvalue weighted by atomic mass is 9.84.